The molecule has 0 spiro atoms. The van der Waals surface area contributed by atoms with Gasteiger partial charge in [-0.05, 0) is 79.4 Å². The highest BCUT2D eigenvalue weighted by Crippen LogP contribution is 2.60. The predicted molar refractivity (Wildman–Crippen MR) is 71.0 cm³/mol. The van der Waals surface area contributed by atoms with Crippen molar-refractivity contribution >= 4 is 5.97 Å². The maximum atomic E-state index is 11.1. The van der Waals surface area contributed by atoms with Crippen molar-refractivity contribution in [3.05, 3.63) is 29.6 Å². The van der Waals surface area contributed by atoms with E-state index >= 15 is 0 Å². The number of hydrogen-bond acceptors (Lipinski definition) is 2. The lowest BCUT2D eigenvalue weighted by Gasteiger charge is -2.57. The van der Waals surface area contributed by atoms with E-state index in [0.717, 1.165) is 17.8 Å². The van der Waals surface area contributed by atoms with Gasteiger partial charge in [-0.25, -0.2) is 9.78 Å². The monoisotopic (exact) mass is 257 g/mol. The van der Waals surface area contributed by atoms with Gasteiger partial charge in [0.15, 0.2) is 0 Å². The fourth-order valence-electron chi connectivity index (χ4n) is 5.34. The summed E-state index contributed by atoms with van der Waals surface area (Å²) in [6.07, 6.45) is 9.71. The summed E-state index contributed by atoms with van der Waals surface area (Å²) in [7, 11) is 0. The summed E-state index contributed by atoms with van der Waals surface area (Å²) in [4.78, 5) is 15.1. The van der Waals surface area contributed by atoms with E-state index in [1.54, 1.807) is 6.20 Å². The van der Waals surface area contributed by atoms with Crippen molar-refractivity contribution in [3.8, 4) is 0 Å². The van der Waals surface area contributed by atoms with Crippen LogP contribution in [0.25, 0.3) is 0 Å². The van der Waals surface area contributed by atoms with Crippen LogP contribution in [-0.2, 0) is 5.41 Å². The molecule has 0 aliphatic heterocycles. The average molecular weight is 257 g/mol. The molecule has 4 saturated carbocycles. The predicted octanol–water partition coefficient (Wildman–Crippen LogP) is 3.25. The molecule has 4 fully saturated rings. The van der Waals surface area contributed by atoms with Crippen LogP contribution in [0.1, 0.15) is 54.6 Å². The smallest absolute Gasteiger partial charge is 0.354 e. The minimum absolute atomic E-state index is 0.202. The van der Waals surface area contributed by atoms with E-state index < -0.39 is 5.97 Å². The van der Waals surface area contributed by atoms with Gasteiger partial charge in [0.05, 0.1) is 0 Å². The molecule has 4 aliphatic rings. The molecule has 1 aromatic rings. The molecule has 19 heavy (non-hydrogen) atoms. The van der Waals surface area contributed by atoms with Crippen molar-refractivity contribution in [2.45, 2.75) is 43.9 Å². The Morgan fingerprint density at radius 1 is 1.16 bits per heavy atom. The number of carbonyl (C=O) groups is 1. The number of nitrogens with zero attached hydrogens (tertiary/aromatic N) is 1. The second-order valence-electron chi connectivity index (χ2n) is 6.93. The van der Waals surface area contributed by atoms with Gasteiger partial charge in [-0.1, -0.05) is 0 Å². The van der Waals surface area contributed by atoms with Gasteiger partial charge in [-0.15, -0.1) is 0 Å². The Balaban J connectivity index is 1.75. The van der Waals surface area contributed by atoms with E-state index in [9.17, 15) is 4.79 Å². The van der Waals surface area contributed by atoms with Crippen LogP contribution in [0.4, 0.5) is 0 Å². The van der Waals surface area contributed by atoms with E-state index in [1.807, 2.05) is 6.07 Å². The van der Waals surface area contributed by atoms with Gasteiger partial charge in [-0.2, -0.15) is 0 Å². The molecule has 0 radical (unpaired) electrons. The van der Waals surface area contributed by atoms with Gasteiger partial charge in [0.25, 0.3) is 0 Å². The van der Waals surface area contributed by atoms with Crippen molar-refractivity contribution in [3.63, 3.8) is 0 Å². The highest BCUT2D eigenvalue weighted by molar-refractivity contribution is 5.85. The Morgan fingerprint density at radius 2 is 1.74 bits per heavy atom. The summed E-state index contributed by atoms with van der Waals surface area (Å²) in [6, 6.07) is 3.88. The third kappa shape index (κ3) is 1.71. The molecular formula is C16H19NO2. The molecule has 3 heteroatoms. The largest absolute Gasteiger partial charge is 0.477 e. The van der Waals surface area contributed by atoms with Crippen LogP contribution < -0.4 is 0 Å². The van der Waals surface area contributed by atoms with Crippen LogP contribution in [0.15, 0.2) is 18.3 Å². The fraction of sp³-hybridized carbons (Fsp3) is 0.625. The van der Waals surface area contributed by atoms with E-state index in [-0.39, 0.29) is 11.1 Å². The second kappa shape index (κ2) is 3.81. The van der Waals surface area contributed by atoms with Gasteiger partial charge in [0.1, 0.15) is 5.69 Å². The van der Waals surface area contributed by atoms with E-state index in [4.69, 9.17) is 5.11 Å². The molecule has 5 rings (SSSR count). The van der Waals surface area contributed by atoms with E-state index in [0.29, 0.717) is 0 Å². The second-order valence-corrected chi connectivity index (χ2v) is 6.93. The van der Waals surface area contributed by atoms with Crippen molar-refractivity contribution in [1.82, 2.24) is 4.98 Å². The van der Waals surface area contributed by atoms with Gasteiger partial charge < -0.3 is 5.11 Å². The van der Waals surface area contributed by atoms with Gasteiger partial charge >= 0.3 is 5.97 Å². The zero-order valence-electron chi connectivity index (χ0n) is 11.0. The molecule has 3 nitrogen and oxygen atoms in total. The fourth-order valence-corrected chi connectivity index (χ4v) is 5.34. The summed E-state index contributed by atoms with van der Waals surface area (Å²) < 4.78 is 0. The van der Waals surface area contributed by atoms with E-state index in [2.05, 4.69) is 11.1 Å². The van der Waals surface area contributed by atoms with Crippen LogP contribution >= 0.6 is 0 Å². The highest BCUT2D eigenvalue weighted by atomic mass is 16.4. The minimum Gasteiger partial charge on any atom is -0.477 e. The van der Waals surface area contributed by atoms with Crippen LogP contribution in [-0.4, -0.2) is 16.1 Å². The lowest BCUT2D eigenvalue weighted by molar-refractivity contribution is -0.00526. The third-order valence-electron chi connectivity index (χ3n) is 5.63. The first-order valence-corrected chi connectivity index (χ1v) is 7.34. The van der Waals surface area contributed by atoms with Gasteiger partial charge in [0.2, 0.25) is 0 Å². The molecule has 100 valence electrons. The molecule has 1 heterocycles. The molecule has 1 aromatic heterocycles. The number of aromatic carboxylic acids is 1. The van der Waals surface area contributed by atoms with Crippen molar-refractivity contribution in [1.29, 1.82) is 0 Å². The first-order chi connectivity index (χ1) is 9.14. The lowest BCUT2D eigenvalue weighted by atomic mass is 9.48. The highest BCUT2D eigenvalue weighted by Gasteiger charge is 2.51. The number of rotatable bonds is 2. The molecular weight excluding hydrogens is 238 g/mol. The normalized spacial score (nSPS) is 39.5. The van der Waals surface area contributed by atoms with Crippen molar-refractivity contribution in [2.75, 3.05) is 0 Å². The van der Waals surface area contributed by atoms with Gasteiger partial charge in [-0.3, -0.25) is 0 Å². The quantitative estimate of drug-likeness (QED) is 0.884. The topological polar surface area (TPSA) is 50.2 Å². The zero-order chi connectivity index (χ0) is 13.0. The number of carboxylic acid groups (broad SMARTS) is 1. The standard InChI is InChI=1S/C16H19NO2/c18-15(19)14-6-13(1-2-17-14)16-7-10-3-11(8-16)5-12(4-10)9-16/h1-2,6,10-12H,3-5,7-9H2,(H,18,19). The Kier molecular flexibility index (Phi) is 2.30. The molecule has 4 bridgehead atoms. The Hall–Kier alpha value is -1.38. The summed E-state index contributed by atoms with van der Waals surface area (Å²) in [5, 5.41) is 9.13. The SMILES string of the molecule is O=C(O)c1cc(C23CC4CC(CC(C4)C2)C3)ccn1. The first-order valence-electron chi connectivity index (χ1n) is 7.34. The molecule has 0 aromatic carbocycles. The summed E-state index contributed by atoms with van der Waals surface area (Å²) >= 11 is 0. The minimum atomic E-state index is -0.911. The first kappa shape index (κ1) is 11.4. The van der Waals surface area contributed by atoms with Crippen LogP contribution in [0.3, 0.4) is 0 Å². The molecule has 0 saturated heterocycles. The average Bonchev–Trinajstić information content (AvgIpc) is 2.37. The van der Waals surface area contributed by atoms with E-state index in [1.165, 1.54) is 44.1 Å². The Morgan fingerprint density at radius 3 is 2.26 bits per heavy atom. The Bertz CT molecular complexity index is 502. The number of pyridine rings is 1. The molecule has 0 unspecified atom stereocenters. The van der Waals surface area contributed by atoms with Crippen molar-refractivity contribution < 1.29 is 9.90 Å². The van der Waals surface area contributed by atoms with Crippen LogP contribution in [0, 0.1) is 17.8 Å². The third-order valence-corrected chi connectivity index (χ3v) is 5.63. The lowest BCUT2D eigenvalue weighted by Crippen LogP contribution is -2.48. The van der Waals surface area contributed by atoms with Gasteiger partial charge in [0, 0.05) is 6.20 Å². The van der Waals surface area contributed by atoms with Crippen molar-refractivity contribution in [2.24, 2.45) is 17.8 Å². The summed E-state index contributed by atoms with van der Waals surface area (Å²) in [5.74, 6) is 1.74. The summed E-state index contributed by atoms with van der Waals surface area (Å²) in [6.45, 7) is 0. The Labute approximate surface area is 113 Å². The maximum absolute atomic E-state index is 11.1. The molecule has 0 atom stereocenters. The number of hydrogen-bond donors (Lipinski definition) is 1. The van der Waals surface area contributed by atoms with Crippen LogP contribution in [0.2, 0.25) is 0 Å². The maximum Gasteiger partial charge on any atom is 0.354 e. The summed E-state index contributed by atoms with van der Waals surface area (Å²) in [5.41, 5.74) is 1.70. The number of carboxylic acids is 1. The van der Waals surface area contributed by atoms with Crippen LogP contribution in [0.5, 0.6) is 0 Å². The molecule has 4 aliphatic carbocycles. The molecule has 0 amide bonds. The number of aromatic nitrogens is 1. The molecule has 1 N–H and O–H groups in total. The zero-order valence-corrected chi connectivity index (χ0v) is 11.0.